The van der Waals surface area contributed by atoms with Gasteiger partial charge in [0.15, 0.2) is 11.5 Å². The first-order chi connectivity index (χ1) is 12.5. The third-order valence-corrected chi connectivity index (χ3v) is 3.25. The molecule has 136 valence electrons. The van der Waals surface area contributed by atoms with Gasteiger partial charge in [0.05, 0.1) is 19.9 Å². The summed E-state index contributed by atoms with van der Waals surface area (Å²) < 4.78 is 10.3. The van der Waals surface area contributed by atoms with E-state index in [1.807, 2.05) is 6.92 Å². The molecular weight excluding hydrogens is 338 g/mol. The highest BCUT2D eigenvalue weighted by molar-refractivity contribution is 6.39. The fourth-order valence-electron chi connectivity index (χ4n) is 2.01. The van der Waals surface area contributed by atoms with Gasteiger partial charge in [-0.1, -0.05) is 6.07 Å². The Kier molecular flexibility index (Phi) is 6.55. The highest BCUT2D eigenvalue weighted by atomic mass is 16.5. The van der Waals surface area contributed by atoms with Gasteiger partial charge in [-0.05, 0) is 43.3 Å². The summed E-state index contributed by atoms with van der Waals surface area (Å²) in [6.45, 7) is 2.40. The molecule has 2 amide bonds. The van der Waals surface area contributed by atoms with Gasteiger partial charge in [0, 0.05) is 11.3 Å². The zero-order valence-electron chi connectivity index (χ0n) is 14.4. The summed E-state index contributed by atoms with van der Waals surface area (Å²) in [6.07, 6.45) is 1.21. The molecule has 0 aliphatic heterocycles. The number of rotatable bonds is 6. The maximum Gasteiger partial charge on any atom is 0.329 e. The predicted molar refractivity (Wildman–Crippen MR) is 96.6 cm³/mol. The lowest BCUT2D eigenvalue weighted by Gasteiger charge is -2.06. The Morgan fingerprint density at radius 3 is 2.54 bits per heavy atom. The Balaban J connectivity index is 1.92. The number of phenolic OH excluding ortho intramolecular Hbond substituents is 1. The molecule has 0 atom stereocenters. The third kappa shape index (κ3) is 4.97. The maximum absolute atomic E-state index is 11.8. The van der Waals surface area contributed by atoms with Crippen molar-refractivity contribution in [1.82, 2.24) is 5.43 Å². The van der Waals surface area contributed by atoms with Crippen LogP contribution in [-0.4, -0.2) is 36.9 Å². The minimum atomic E-state index is -0.947. The first kappa shape index (κ1) is 18.8. The van der Waals surface area contributed by atoms with E-state index in [9.17, 15) is 14.7 Å². The first-order valence-electron chi connectivity index (χ1n) is 7.78. The number of hydrazone groups is 1. The molecule has 8 nitrogen and oxygen atoms in total. The van der Waals surface area contributed by atoms with E-state index in [-0.39, 0.29) is 11.5 Å². The van der Waals surface area contributed by atoms with E-state index in [0.29, 0.717) is 23.6 Å². The maximum atomic E-state index is 11.8. The Morgan fingerprint density at radius 1 is 1.15 bits per heavy atom. The van der Waals surface area contributed by atoms with Crippen molar-refractivity contribution in [2.24, 2.45) is 5.10 Å². The summed E-state index contributed by atoms with van der Waals surface area (Å²) in [5.41, 5.74) is 2.87. The molecule has 0 radical (unpaired) electrons. The second kappa shape index (κ2) is 9.07. The number of anilines is 1. The minimum absolute atomic E-state index is 0.119. The van der Waals surface area contributed by atoms with Gasteiger partial charge in [0.25, 0.3) is 0 Å². The number of para-hydroxylation sites is 1. The topological polar surface area (TPSA) is 109 Å². The number of hydrogen-bond donors (Lipinski definition) is 3. The van der Waals surface area contributed by atoms with Crippen molar-refractivity contribution in [3.63, 3.8) is 0 Å². The van der Waals surface area contributed by atoms with Crippen LogP contribution >= 0.6 is 0 Å². The van der Waals surface area contributed by atoms with Crippen molar-refractivity contribution in [2.75, 3.05) is 19.0 Å². The lowest BCUT2D eigenvalue weighted by atomic mass is 10.2. The van der Waals surface area contributed by atoms with Crippen LogP contribution in [-0.2, 0) is 9.59 Å². The van der Waals surface area contributed by atoms with Crippen LogP contribution in [0, 0.1) is 0 Å². The molecule has 2 aromatic carbocycles. The van der Waals surface area contributed by atoms with Gasteiger partial charge in [0.1, 0.15) is 5.75 Å². The molecule has 8 heteroatoms. The fourth-order valence-corrected chi connectivity index (χ4v) is 2.01. The third-order valence-electron chi connectivity index (χ3n) is 3.25. The fraction of sp³-hybridized carbons (Fsp3) is 0.167. The summed E-state index contributed by atoms with van der Waals surface area (Å²) in [5, 5.41) is 16.0. The second-order valence-corrected chi connectivity index (χ2v) is 5.01. The highest BCUT2D eigenvalue weighted by Gasteiger charge is 2.13. The van der Waals surface area contributed by atoms with E-state index in [1.54, 1.807) is 42.5 Å². The van der Waals surface area contributed by atoms with E-state index in [4.69, 9.17) is 9.47 Å². The van der Waals surface area contributed by atoms with Crippen LogP contribution < -0.4 is 20.2 Å². The van der Waals surface area contributed by atoms with Crippen LogP contribution in [0.4, 0.5) is 5.69 Å². The molecular formula is C18H19N3O5. The number of nitrogens with one attached hydrogen (secondary N) is 2. The quantitative estimate of drug-likeness (QED) is 0.415. The summed E-state index contributed by atoms with van der Waals surface area (Å²) in [4.78, 5) is 23.6. The number of methoxy groups -OCH3 is 1. The van der Waals surface area contributed by atoms with Crippen LogP contribution in [0.15, 0.2) is 47.6 Å². The standard InChI is InChI=1S/C18H19N3O5/c1-3-26-14-9-7-13(8-10-14)20-17(23)18(24)21-19-11-12-5-4-6-15(25-2)16(12)22/h4-11,22H,3H2,1-2H3,(H,20,23)(H,21,24)/b19-11-. The number of hydrogen-bond acceptors (Lipinski definition) is 6. The van der Waals surface area contributed by atoms with Gasteiger partial charge in [-0.2, -0.15) is 5.10 Å². The number of carbonyl (C=O) groups excluding carboxylic acids is 2. The number of carbonyl (C=O) groups is 2. The van der Waals surface area contributed by atoms with Crippen molar-refractivity contribution in [1.29, 1.82) is 0 Å². The molecule has 0 saturated heterocycles. The molecule has 0 spiro atoms. The number of benzene rings is 2. The summed E-state index contributed by atoms with van der Waals surface area (Å²) in [7, 11) is 1.42. The summed E-state index contributed by atoms with van der Waals surface area (Å²) in [6, 6.07) is 11.4. The normalized spacial score (nSPS) is 10.4. The number of aromatic hydroxyl groups is 1. The molecule has 0 saturated carbocycles. The first-order valence-corrected chi connectivity index (χ1v) is 7.78. The van der Waals surface area contributed by atoms with Crippen molar-refractivity contribution >= 4 is 23.7 Å². The number of ether oxygens (including phenoxy) is 2. The molecule has 0 aliphatic rings. The highest BCUT2D eigenvalue weighted by Crippen LogP contribution is 2.27. The summed E-state index contributed by atoms with van der Waals surface area (Å²) >= 11 is 0. The monoisotopic (exact) mass is 357 g/mol. The molecule has 0 unspecified atom stereocenters. The number of amides is 2. The van der Waals surface area contributed by atoms with E-state index < -0.39 is 11.8 Å². The average Bonchev–Trinajstić information content (AvgIpc) is 2.64. The Labute approximate surface area is 150 Å². The van der Waals surface area contributed by atoms with Gasteiger partial charge in [-0.25, -0.2) is 5.43 Å². The molecule has 0 aliphatic carbocycles. The average molecular weight is 357 g/mol. The molecule has 26 heavy (non-hydrogen) atoms. The Hall–Kier alpha value is -3.55. The van der Waals surface area contributed by atoms with Crippen molar-refractivity contribution in [3.05, 3.63) is 48.0 Å². The van der Waals surface area contributed by atoms with E-state index in [1.165, 1.54) is 13.3 Å². The van der Waals surface area contributed by atoms with Gasteiger partial charge >= 0.3 is 11.8 Å². The van der Waals surface area contributed by atoms with E-state index >= 15 is 0 Å². The van der Waals surface area contributed by atoms with Crippen molar-refractivity contribution in [3.8, 4) is 17.2 Å². The second-order valence-electron chi connectivity index (χ2n) is 5.01. The smallest absolute Gasteiger partial charge is 0.329 e. The Morgan fingerprint density at radius 2 is 1.88 bits per heavy atom. The zero-order chi connectivity index (χ0) is 18.9. The van der Waals surface area contributed by atoms with Gasteiger partial charge in [-0.15, -0.1) is 0 Å². The molecule has 2 aromatic rings. The van der Waals surface area contributed by atoms with Crippen molar-refractivity contribution in [2.45, 2.75) is 6.92 Å². The van der Waals surface area contributed by atoms with E-state index in [0.717, 1.165) is 0 Å². The van der Waals surface area contributed by atoms with Crippen molar-refractivity contribution < 1.29 is 24.2 Å². The van der Waals surface area contributed by atoms with Crippen LogP contribution in [0.25, 0.3) is 0 Å². The van der Waals surface area contributed by atoms with Crippen LogP contribution in [0.1, 0.15) is 12.5 Å². The van der Waals surface area contributed by atoms with E-state index in [2.05, 4.69) is 15.8 Å². The Bertz CT molecular complexity index is 803. The predicted octanol–water partition coefficient (Wildman–Crippen LogP) is 1.89. The number of phenols is 1. The molecule has 2 rings (SSSR count). The number of nitrogens with zero attached hydrogens (tertiary/aromatic N) is 1. The SMILES string of the molecule is CCOc1ccc(NC(=O)C(=O)N/N=C\c2cccc(OC)c2O)cc1. The van der Waals surface area contributed by atoms with Crippen LogP contribution in [0.5, 0.6) is 17.2 Å². The lowest BCUT2D eigenvalue weighted by Crippen LogP contribution is -2.32. The minimum Gasteiger partial charge on any atom is -0.504 e. The van der Waals surface area contributed by atoms with Crippen LogP contribution in [0.3, 0.4) is 0 Å². The molecule has 0 fully saturated rings. The summed E-state index contributed by atoms with van der Waals surface area (Å²) in [5.74, 6) is -1.00. The van der Waals surface area contributed by atoms with Gasteiger partial charge in [-0.3, -0.25) is 9.59 Å². The molecule has 3 N–H and O–H groups in total. The van der Waals surface area contributed by atoms with Gasteiger partial charge < -0.3 is 19.9 Å². The largest absolute Gasteiger partial charge is 0.504 e. The van der Waals surface area contributed by atoms with Gasteiger partial charge in [0.2, 0.25) is 0 Å². The lowest BCUT2D eigenvalue weighted by molar-refractivity contribution is -0.136. The van der Waals surface area contributed by atoms with Crippen LogP contribution in [0.2, 0.25) is 0 Å². The molecule has 0 aromatic heterocycles. The zero-order valence-corrected chi connectivity index (χ0v) is 14.4. The molecule has 0 heterocycles. The molecule has 0 bridgehead atoms.